The number of rotatable bonds is 1. The molecule has 1 aliphatic heterocycles. The zero-order chi connectivity index (χ0) is 8.48. The molecule has 1 rings (SSSR count). The van der Waals surface area contributed by atoms with Gasteiger partial charge in [0.15, 0.2) is 0 Å². The Morgan fingerprint density at radius 3 is 2.91 bits per heavy atom. The van der Waals surface area contributed by atoms with Gasteiger partial charge in [0.25, 0.3) is 0 Å². The normalized spacial score (nSPS) is 43.7. The fraction of sp³-hybridized carbons (Fsp3) is 0.714. The van der Waals surface area contributed by atoms with E-state index in [1.165, 1.54) is 0 Å². The summed E-state index contributed by atoms with van der Waals surface area (Å²) in [5.41, 5.74) is 0. The molecular formula is C7H11O3P. The molecule has 0 spiro atoms. The molecule has 4 heteroatoms. The fourth-order valence-corrected chi connectivity index (χ4v) is 2.92. The van der Waals surface area contributed by atoms with Crippen LogP contribution in [0, 0.1) is 18.3 Å². The van der Waals surface area contributed by atoms with Crippen molar-refractivity contribution in [2.75, 3.05) is 6.16 Å². The first kappa shape index (κ1) is 8.80. The summed E-state index contributed by atoms with van der Waals surface area (Å²) < 4.78 is 15.8. The third kappa shape index (κ3) is 1.84. The van der Waals surface area contributed by atoms with E-state index < -0.39 is 13.7 Å². The van der Waals surface area contributed by atoms with Crippen molar-refractivity contribution in [3.05, 3.63) is 0 Å². The first-order valence-corrected chi connectivity index (χ1v) is 5.31. The summed E-state index contributed by atoms with van der Waals surface area (Å²) in [4.78, 5) is 9.04. The maximum Gasteiger partial charge on any atom is 0.329 e. The predicted molar refractivity (Wildman–Crippen MR) is 42.2 cm³/mol. The molecule has 0 radical (unpaired) electrons. The highest BCUT2D eigenvalue weighted by Crippen LogP contribution is 2.53. The molecule has 3 unspecified atom stereocenters. The van der Waals surface area contributed by atoms with E-state index in [9.17, 15) is 4.57 Å². The summed E-state index contributed by atoms with van der Waals surface area (Å²) in [5.74, 6) is 2.42. The standard InChI is InChI=1S/C7H11O3P/c1-3-6-5-11(8,9)10-7(6)4-2/h2,6-7H,3,5H2,1H3,(H,8,9). The molecule has 62 valence electrons. The van der Waals surface area contributed by atoms with Gasteiger partial charge in [-0.25, -0.2) is 0 Å². The molecule has 11 heavy (non-hydrogen) atoms. The van der Waals surface area contributed by atoms with Gasteiger partial charge in [-0.2, -0.15) is 0 Å². The van der Waals surface area contributed by atoms with Crippen LogP contribution in [0.4, 0.5) is 0 Å². The molecule has 0 amide bonds. The Hall–Kier alpha value is -0.290. The van der Waals surface area contributed by atoms with Crippen LogP contribution in [0.3, 0.4) is 0 Å². The van der Waals surface area contributed by atoms with Crippen molar-refractivity contribution in [3.63, 3.8) is 0 Å². The fourth-order valence-electron chi connectivity index (χ4n) is 1.21. The topological polar surface area (TPSA) is 46.5 Å². The van der Waals surface area contributed by atoms with E-state index in [4.69, 9.17) is 15.8 Å². The number of terminal acetylenes is 1. The monoisotopic (exact) mass is 174 g/mol. The van der Waals surface area contributed by atoms with Gasteiger partial charge in [-0.3, -0.25) is 9.09 Å². The molecule has 0 bridgehead atoms. The van der Waals surface area contributed by atoms with Gasteiger partial charge in [0.1, 0.15) is 6.10 Å². The van der Waals surface area contributed by atoms with Crippen molar-refractivity contribution >= 4 is 7.60 Å². The third-order valence-corrected chi connectivity index (χ3v) is 3.35. The molecule has 3 nitrogen and oxygen atoms in total. The molecule has 0 aliphatic carbocycles. The van der Waals surface area contributed by atoms with Crippen LogP contribution in [0.25, 0.3) is 0 Å². The first-order chi connectivity index (χ1) is 5.09. The van der Waals surface area contributed by atoms with E-state index in [2.05, 4.69) is 5.92 Å². The van der Waals surface area contributed by atoms with Gasteiger partial charge in [-0.1, -0.05) is 12.8 Å². The van der Waals surface area contributed by atoms with Crippen molar-refractivity contribution < 1.29 is 14.0 Å². The Morgan fingerprint density at radius 1 is 1.91 bits per heavy atom. The van der Waals surface area contributed by atoms with Crippen LogP contribution < -0.4 is 0 Å². The van der Waals surface area contributed by atoms with Gasteiger partial charge in [0, 0.05) is 5.92 Å². The second-order valence-corrected chi connectivity index (χ2v) is 4.53. The van der Waals surface area contributed by atoms with E-state index in [-0.39, 0.29) is 12.1 Å². The highest BCUT2D eigenvalue weighted by molar-refractivity contribution is 7.53. The summed E-state index contributed by atoms with van der Waals surface area (Å²) in [7, 11) is -3.33. The summed E-state index contributed by atoms with van der Waals surface area (Å²) >= 11 is 0. The van der Waals surface area contributed by atoms with Gasteiger partial charge in [-0.15, -0.1) is 6.42 Å². The zero-order valence-corrected chi connectivity index (χ0v) is 7.25. The maximum atomic E-state index is 11.0. The first-order valence-electron chi connectivity index (χ1n) is 3.55. The quantitative estimate of drug-likeness (QED) is 0.480. The van der Waals surface area contributed by atoms with Crippen LogP contribution >= 0.6 is 7.60 Å². The second-order valence-electron chi connectivity index (χ2n) is 2.68. The van der Waals surface area contributed by atoms with E-state index in [0.717, 1.165) is 6.42 Å². The molecule has 1 saturated heterocycles. The zero-order valence-electron chi connectivity index (χ0n) is 6.36. The summed E-state index contributed by atoms with van der Waals surface area (Å²) in [6.07, 6.45) is 5.65. The molecule has 1 N–H and O–H groups in total. The molecule has 1 heterocycles. The van der Waals surface area contributed by atoms with E-state index in [0.29, 0.717) is 0 Å². The molecule has 0 aromatic carbocycles. The van der Waals surface area contributed by atoms with Crippen molar-refractivity contribution in [3.8, 4) is 12.3 Å². The van der Waals surface area contributed by atoms with Crippen LogP contribution in [0.1, 0.15) is 13.3 Å². The summed E-state index contributed by atoms with van der Waals surface area (Å²) in [6.45, 7) is 1.93. The summed E-state index contributed by atoms with van der Waals surface area (Å²) in [6, 6.07) is 0. The highest BCUT2D eigenvalue weighted by atomic mass is 31.2. The molecule has 1 aliphatic rings. The lowest BCUT2D eigenvalue weighted by atomic mass is 10.0. The van der Waals surface area contributed by atoms with Gasteiger partial charge >= 0.3 is 7.60 Å². The lowest BCUT2D eigenvalue weighted by molar-refractivity contribution is 0.217. The van der Waals surface area contributed by atoms with E-state index in [1.54, 1.807) is 0 Å². The largest absolute Gasteiger partial charge is 0.329 e. The minimum atomic E-state index is -3.33. The Bertz CT molecular complexity index is 230. The smallest absolute Gasteiger partial charge is 0.324 e. The summed E-state index contributed by atoms with van der Waals surface area (Å²) in [5, 5.41) is 0. The van der Waals surface area contributed by atoms with Crippen LogP contribution in [-0.2, 0) is 9.09 Å². The third-order valence-electron chi connectivity index (χ3n) is 1.86. The Kier molecular flexibility index (Phi) is 2.39. The Labute approximate surface area is 66.3 Å². The van der Waals surface area contributed by atoms with Crippen LogP contribution in [0.5, 0.6) is 0 Å². The average molecular weight is 174 g/mol. The van der Waals surface area contributed by atoms with Crippen LogP contribution in [0.2, 0.25) is 0 Å². The van der Waals surface area contributed by atoms with E-state index in [1.807, 2.05) is 6.92 Å². The maximum absolute atomic E-state index is 11.0. The van der Waals surface area contributed by atoms with Crippen molar-refractivity contribution in [1.29, 1.82) is 0 Å². The molecule has 0 aromatic rings. The molecule has 0 aromatic heterocycles. The average Bonchev–Trinajstić information content (AvgIpc) is 2.25. The van der Waals surface area contributed by atoms with Crippen LogP contribution in [0.15, 0.2) is 0 Å². The Morgan fingerprint density at radius 2 is 2.55 bits per heavy atom. The highest BCUT2D eigenvalue weighted by Gasteiger charge is 2.39. The lowest BCUT2D eigenvalue weighted by Crippen LogP contribution is -2.13. The SMILES string of the molecule is C#CC1OP(=O)(O)CC1CC. The van der Waals surface area contributed by atoms with E-state index >= 15 is 0 Å². The van der Waals surface area contributed by atoms with Crippen molar-refractivity contribution in [2.24, 2.45) is 5.92 Å². The molecular weight excluding hydrogens is 163 g/mol. The minimum absolute atomic E-state index is 0.0517. The van der Waals surface area contributed by atoms with Gasteiger partial charge in [0.05, 0.1) is 6.16 Å². The molecule has 3 atom stereocenters. The lowest BCUT2D eigenvalue weighted by Gasteiger charge is -2.06. The van der Waals surface area contributed by atoms with Gasteiger partial charge < -0.3 is 4.89 Å². The number of hydrogen-bond acceptors (Lipinski definition) is 2. The van der Waals surface area contributed by atoms with Crippen molar-refractivity contribution in [1.82, 2.24) is 0 Å². The minimum Gasteiger partial charge on any atom is -0.324 e. The second kappa shape index (κ2) is 2.98. The van der Waals surface area contributed by atoms with Crippen LogP contribution in [-0.4, -0.2) is 17.2 Å². The van der Waals surface area contributed by atoms with Gasteiger partial charge in [0.2, 0.25) is 0 Å². The Balaban J connectivity index is 2.72. The molecule has 1 fully saturated rings. The van der Waals surface area contributed by atoms with Crippen molar-refractivity contribution in [2.45, 2.75) is 19.4 Å². The predicted octanol–water partition coefficient (Wildman–Crippen LogP) is 1.23. The molecule has 0 saturated carbocycles. The van der Waals surface area contributed by atoms with Gasteiger partial charge in [-0.05, 0) is 6.42 Å². The number of hydrogen-bond donors (Lipinski definition) is 1.